The first-order valence-corrected chi connectivity index (χ1v) is 19.4. The lowest BCUT2D eigenvalue weighted by Crippen LogP contribution is -2.58. The third kappa shape index (κ3) is 5.09. The molecule has 0 spiro atoms. The Morgan fingerprint density at radius 2 is 1.42 bits per heavy atom. The molecule has 1 saturated carbocycles. The van der Waals surface area contributed by atoms with E-state index in [1.165, 1.54) is 11.0 Å². The fourth-order valence-corrected chi connectivity index (χ4v) is 10.4. The van der Waals surface area contributed by atoms with Gasteiger partial charge in [-0.1, -0.05) is 96.6 Å². The van der Waals surface area contributed by atoms with Gasteiger partial charge in [-0.3, -0.25) is 24.1 Å². The van der Waals surface area contributed by atoms with Crippen LogP contribution in [0.5, 0.6) is 5.75 Å². The van der Waals surface area contributed by atoms with Crippen LogP contribution >= 0.6 is 0 Å². The summed E-state index contributed by atoms with van der Waals surface area (Å²) in [5.41, 5.74) is 5.92. The van der Waals surface area contributed by atoms with Crippen molar-refractivity contribution in [2.24, 2.45) is 23.7 Å². The fourth-order valence-electron chi connectivity index (χ4n) is 10.4. The molecule has 6 atom stereocenters. The van der Waals surface area contributed by atoms with Crippen LogP contribution in [0.4, 0.5) is 5.69 Å². The van der Waals surface area contributed by atoms with Crippen LogP contribution in [-0.4, -0.2) is 33.5 Å². The zero-order valence-corrected chi connectivity index (χ0v) is 31.4. The maximum absolute atomic E-state index is 15.3. The molecule has 1 N–H and O–H groups in total. The van der Waals surface area contributed by atoms with Gasteiger partial charge in [0.2, 0.25) is 17.7 Å². The highest BCUT2D eigenvalue weighted by molar-refractivity contribution is 6.32. The molecule has 1 aliphatic heterocycles. The molecule has 2 heterocycles. The normalized spacial score (nSPS) is 25.5. The number of amides is 2. The second kappa shape index (κ2) is 12.9. The summed E-state index contributed by atoms with van der Waals surface area (Å²) in [6.45, 7) is 3.66. The van der Waals surface area contributed by atoms with Gasteiger partial charge in [0, 0.05) is 23.0 Å². The Kier molecular flexibility index (Phi) is 7.90. The maximum atomic E-state index is 15.3. The van der Waals surface area contributed by atoms with Gasteiger partial charge >= 0.3 is 0 Å². The molecule has 2 fully saturated rings. The van der Waals surface area contributed by atoms with E-state index in [-0.39, 0.29) is 35.6 Å². The molecule has 8 heteroatoms. The number of phenols is 1. The first-order chi connectivity index (χ1) is 27.7. The monoisotopic (exact) mass is 750 g/mol. The van der Waals surface area contributed by atoms with Crippen LogP contribution < -0.4 is 4.90 Å². The Bertz CT molecular complexity index is 2670. The number of hydrogen-bond donors (Lipinski definition) is 1. The highest BCUT2D eigenvalue weighted by atomic mass is 16.3. The van der Waals surface area contributed by atoms with Crippen molar-refractivity contribution in [2.45, 2.75) is 38.0 Å². The van der Waals surface area contributed by atoms with Crippen molar-refractivity contribution in [2.75, 3.05) is 4.90 Å². The van der Waals surface area contributed by atoms with Crippen molar-refractivity contribution in [3.63, 3.8) is 0 Å². The molecule has 6 aromatic rings. The molecule has 3 aliphatic carbocycles. The molecule has 1 aromatic heterocycles. The van der Waals surface area contributed by atoms with E-state index in [9.17, 15) is 14.7 Å². The molecular weight excluding hydrogens is 713 g/mol. The van der Waals surface area contributed by atoms with E-state index in [0.29, 0.717) is 51.4 Å². The number of fused-ring (bicyclic) bond motifs is 5. The number of aromatic hydroxyl groups is 1. The van der Waals surface area contributed by atoms with Crippen LogP contribution in [0.2, 0.25) is 0 Å². The van der Waals surface area contributed by atoms with Crippen LogP contribution in [-0.2, 0) is 24.6 Å². The van der Waals surface area contributed by atoms with E-state index in [4.69, 9.17) is 4.42 Å². The van der Waals surface area contributed by atoms with E-state index in [0.717, 1.165) is 22.2 Å². The standard InChI is InChI=1S/C49H38N2O6/c1-27-23-31(24-28(2)44(27)53)43-34-21-22-35-42(48(56)51(47(35)55)33-19-17-30(18-20-33)46-50-39-15-9-10-16-40(39)57-46)37(34)25-38-45(54)36(29-11-5-3-6-12-29)26-41(52)49(38,43)32-13-7-4-8-14-32/h3-21,23-24,26,35,37-38,42-43,53H,22,25H2,1-2H3. The number of imide groups is 1. The van der Waals surface area contributed by atoms with Crippen molar-refractivity contribution in [3.8, 4) is 17.2 Å². The van der Waals surface area contributed by atoms with Gasteiger partial charge in [-0.2, -0.15) is 0 Å². The number of carbonyl (C=O) groups is 4. The number of benzene rings is 5. The molecule has 4 aliphatic rings. The molecule has 6 unspecified atom stereocenters. The summed E-state index contributed by atoms with van der Waals surface area (Å²) in [6, 6.07) is 37.2. The minimum absolute atomic E-state index is 0.161. The van der Waals surface area contributed by atoms with E-state index in [1.807, 2.05) is 111 Å². The van der Waals surface area contributed by atoms with Crippen molar-refractivity contribution < 1.29 is 28.7 Å². The molecule has 280 valence electrons. The molecule has 0 bridgehead atoms. The van der Waals surface area contributed by atoms with Crippen LogP contribution in [0, 0.1) is 37.5 Å². The molecule has 5 aromatic carbocycles. The first-order valence-electron chi connectivity index (χ1n) is 19.4. The van der Waals surface area contributed by atoms with Crippen LogP contribution in [0.15, 0.2) is 143 Å². The molecular formula is C49H38N2O6. The number of rotatable bonds is 5. The van der Waals surface area contributed by atoms with E-state index < -0.39 is 35.0 Å². The third-order valence-corrected chi connectivity index (χ3v) is 12.9. The predicted molar refractivity (Wildman–Crippen MR) is 216 cm³/mol. The Labute approximate surface area is 329 Å². The van der Waals surface area contributed by atoms with Gasteiger partial charge in [-0.25, -0.2) is 4.98 Å². The van der Waals surface area contributed by atoms with Gasteiger partial charge in [0.15, 0.2) is 17.1 Å². The van der Waals surface area contributed by atoms with Crippen molar-refractivity contribution in [1.29, 1.82) is 0 Å². The van der Waals surface area contributed by atoms with Crippen LogP contribution in [0.1, 0.15) is 46.6 Å². The predicted octanol–water partition coefficient (Wildman–Crippen LogP) is 8.85. The van der Waals surface area contributed by atoms with E-state index >= 15 is 9.59 Å². The highest BCUT2D eigenvalue weighted by Gasteiger charge is 2.66. The van der Waals surface area contributed by atoms with Crippen molar-refractivity contribution >= 4 is 45.7 Å². The summed E-state index contributed by atoms with van der Waals surface area (Å²) < 4.78 is 5.97. The Balaban J connectivity index is 1.11. The van der Waals surface area contributed by atoms with Gasteiger partial charge in [-0.15, -0.1) is 0 Å². The lowest BCUT2D eigenvalue weighted by molar-refractivity contribution is -0.135. The summed E-state index contributed by atoms with van der Waals surface area (Å²) in [4.78, 5) is 65.6. The van der Waals surface area contributed by atoms with Crippen molar-refractivity contribution in [1.82, 2.24) is 4.98 Å². The Morgan fingerprint density at radius 1 is 0.754 bits per heavy atom. The lowest BCUT2D eigenvalue weighted by atomic mass is 9.44. The average molecular weight is 751 g/mol. The summed E-state index contributed by atoms with van der Waals surface area (Å²) >= 11 is 0. The van der Waals surface area contributed by atoms with Crippen LogP contribution in [0.25, 0.3) is 28.1 Å². The zero-order chi connectivity index (χ0) is 39.2. The van der Waals surface area contributed by atoms with Gasteiger partial charge in [0.1, 0.15) is 11.3 Å². The molecule has 57 heavy (non-hydrogen) atoms. The Morgan fingerprint density at radius 3 is 2.12 bits per heavy atom. The summed E-state index contributed by atoms with van der Waals surface area (Å²) in [5, 5.41) is 10.9. The molecule has 8 nitrogen and oxygen atoms in total. The lowest BCUT2D eigenvalue weighted by Gasteiger charge is -2.55. The highest BCUT2D eigenvalue weighted by Crippen LogP contribution is 2.64. The number of Topliss-reactive ketones (excluding diaryl/α,β-unsaturated/α-hetero) is 1. The Hall–Kier alpha value is -6.67. The van der Waals surface area contributed by atoms with Crippen LogP contribution in [0.3, 0.4) is 0 Å². The number of aryl methyl sites for hydroxylation is 2. The SMILES string of the molecule is Cc1cc(C2C3=CCC4C(=O)N(c5ccc(-c6nc7ccccc7o6)cc5)C(=O)C4C3CC3C(=O)C(c4ccccc4)=CC(=O)C32c2ccccc2)cc(C)c1O. The molecule has 1 saturated heterocycles. The number of allylic oxidation sites excluding steroid dienone is 4. The number of anilines is 1. The number of phenolic OH excluding ortho intramolecular Hbond substituents is 1. The second-order valence-electron chi connectivity index (χ2n) is 15.8. The summed E-state index contributed by atoms with van der Waals surface area (Å²) in [6.07, 6.45) is 4.12. The number of nitrogens with zero attached hydrogens (tertiary/aromatic N) is 2. The van der Waals surface area contributed by atoms with E-state index in [1.54, 1.807) is 24.3 Å². The molecule has 0 radical (unpaired) electrons. The minimum Gasteiger partial charge on any atom is -0.507 e. The number of hydrogen-bond acceptors (Lipinski definition) is 7. The summed E-state index contributed by atoms with van der Waals surface area (Å²) in [5.74, 6) is -3.69. The fraction of sp³-hybridized carbons (Fsp3) is 0.204. The minimum atomic E-state index is -1.34. The third-order valence-electron chi connectivity index (χ3n) is 12.9. The average Bonchev–Trinajstić information content (AvgIpc) is 3.79. The number of ketones is 2. The van der Waals surface area contributed by atoms with Crippen molar-refractivity contribution in [3.05, 3.63) is 167 Å². The zero-order valence-electron chi connectivity index (χ0n) is 31.4. The summed E-state index contributed by atoms with van der Waals surface area (Å²) in [7, 11) is 0. The van der Waals surface area contributed by atoms with Gasteiger partial charge in [0.05, 0.1) is 22.9 Å². The topological polar surface area (TPSA) is 118 Å². The first kappa shape index (κ1) is 34.8. The number of carbonyl (C=O) groups excluding carboxylic acids is 4. The van der Waals surface area contributed by atoms with Gasteiger partial charge < -0.3 is 9.52 Å². The molecule has 10 rings (SSSR count). The maximum Gasteiger partial charge on any atom is 0.238 e. The quantitative estimate of drug-likeness (QED) is 0.138. The van der Waals surface area contributed by atoms with Gasteiger partial charge in [0.25, 0.3) is 0 Å². The van der Waals surface area contributed by atoms with E-state index in [2.05, 4.69) is 11.1 Å². The molecule has 2 amide bonds. The number of para-hydroxylation sites is 2. The second-order valence-corrected chi connectivity index (χ2v) is 15.8. The number of aromatic nitrogens is 1. The number of oxazole rings is 1. The largest absolute Gasteiger partial charge is 0.507 e. The smallest absolute Gasteiger partial charge is 0.238 e. The van der Waals surface area contributed by atoms with Gasteiger partial charge in [-0.05, 0) is 103 Å².